The fraction of sp³-hybridized carbons (Fsp3) is 0.545. The van der Waals surface area contributed by atoms with Crippen LogP contribution in [0.15, 0.2) is 18.3 Å². The Hall–Kier alpha value is -3.51. The van der Waals surface area contributed by atoms with Gasteiger partial charge in [-0.25, -0.2) is 27.4 Å². The standard InChI is InChI=1S/C22H27F3N6O4/c1-22(2,3)35-20(32)29-6-4-28(5-7-29)19-17(24)8-15(9-18(19)25)31-16(13-34-21(31)33)12-30-11-14(10-23)26-27-30/h8-9,11,16H,4-7,10,12-13H2,1-3H3/t16-/m1/s1. The van der Waals surface area contributed by atoms with Gasteiger partial charge in [0.15, 0.2) is 11.6 Å². The zero-order chi connectivity index (χ0) is 25.3. The van der Waals surface area contributed by atoms with E-state index in [4.69, 9.17) is 9.47 Å². The van der Waals surface area contributed by atoms with Crippen LogP contribution in [0.5, 0.6) is 0 Å². The van der Waals surface area contributed by atoms with Crippen molar-refractivity contribution < 1.29 is 32.2 Å². The molecule has 2 fully saturated rings. The van der Waals surface area contributed by atoms with Gasteiger partial charge in [0.25, 0.3) is 0 Å². The van der Waals surface area contributed by atoms with Crippen LogP contribution in [0.25, 0.3) is 0 Å². The number of piperazine rings is 1. The zero-order valence-corrected chi connectivity index (χ0v) is 19.7. The Labute approximate surface area is 200 Å². The maximum Gasteiger partial charge on any atom is 0.414 e. The number of amides is 2. The maximum atomic E-state index is 15.1. The summed E-state index contributed by atoms with van der Waals surface area (Å²) in [4.78, 5) is 28.7. The second kappa shape index (κ2) is 9.62. The SMILES string of the molecule is CC(C)(C)OC(=O)N1CCN(c2c(F)cc(N3C(=O)OC[C@H]3Cn3cc(CF)nn3)cc2F)CC1. The van der Waals surface area contributed by atoms with Crippen molar-refractivity contribution in [2.24, 2.45) is 0 Å². The Morgan fingerprint density at radius 1 is 1.17 bits per heavy atom. The number of benzene rings is 1. The molecule has 0 aliphatic carbocycles. The van der Waals surface area contributed by atoms with Gasteiger partial charge < -0.3 is 19.3 Å². The average molecular weight is 496 g/mol. The fourth-order valence-corrected chi connectivity index (χ4v) is 4.05. The lowest BCUT2D eigenvalue weighted by Gasteiger charge is -2.37. The van der Waals surface area contributed by atoms with Gasteiger partial charge in [-0.15, -0.1) is 5.10 Å². The Morgan fingerprint density at radius 2 is 1.83 bits per heavy atom. The molecule has 1 atom stereocenters. The van der Waals surface area contributed by atoms with Gasteiger partial charge >= 0.3 is 12.2 Å². The van der Waals surface area contributed by atoms with E-state index in [9.17, 15) is 14.0 Å². The third kappa shape index (κ3) is 5.43. The van der Waals surface area contributed by atoms with E-state index < -0.39 is 42.1 Å². The van der Waals surface area contributed by atoms with Crippen molar-refractivity contribution in [2.45, 2.75) is 45.6 Å². The van der Waals surface area contributed by atoms with Crippen molar-refractivity contribution in [3.8, 4) is 0 Å². The number of hydrogen-bond acceptors (Lipinski definition) is 7. The summed E-state index contributed by atoms with van der Waals surface area (Å²) in [5.74, 6) is -1.69. The highest BCUT2D eigenvalue weighted by Gasteiger charge is 2.36. The summed E-state index contributed by atoms with van der Waals surface area (Å²) < 4.78 is 54.8. The zero-order valence-electron chi connectivity index (χ0n) is 19.7. The monoisotopic (exact) mass is 496 g/mol. The molecule has 0 spiro atoms. The molecule has 2 aromatic rings. The topological polar surface area (TPSA) is 93.0 Å². The molecule has 1 aromatic heterocycles. The number of carbonyl (C=O) groups excluding carboxylic acids is 2. The molecular weight excluding hydrogens is 469 g/mol. The van der Waals surface area contributed by atoms with Crippen LogP contribution in [0.4, 0.5) is 34.1 Å². The normalized spacial score (nSPS) is 18.7. The van der Waals surface area contributed by atoms with Crippen LogP contribution in [-0.4, -0.2) is 76.5 Å². The molecule has 13 heteroatoms. The van der Waals surface area contributed by atoms with Crippen LogP contribution in [-0.2, 0) is 22.7 Å². The first-order chi connectivity index (χ1) is 16.6. The minimum Gasteiger partial charge on any atom is -0.447 e. The molecular formula is C22H27F3N6O4. The molecule has 2 amide bonds. The molecule has 1 aromatic carbocycles. The van der Waals surface area contributed by atoms with E-state index in [1.165, 1.54) is 20.7 Å². The maximum absolute atomic E-state index is 15.1. The number of hydrogen-bond donors (Lipinski definition) is 0. The van der Waals surface area contributed by atoms with Gasteiger partial charge in [-0.05, 0) is 20.8 Å². The van der Waals surface area contributed by atoms with Gasteiger partial charge in [0.1, 0.15) is 30.3 Å². The number of nitrogens with zero attached hydrogens (tertiary/aromatic N) is 6. The first-order valence-corrected chi connectivity index (χ1v) is 11.2. The molecule has 0 radical (unpaired) electrons. The number of alkyl halides is 1. The molecule has 2 aliphatic rings. The van der Waals surface area contributed by atoms with Crippen molar-refractivity contribution in [1.29, 1.82) is 0 Å². The van der Waals surface area contributed by atoms with Crippen LogP contribution >= 0.6 is 0 Å². The van der Waals surface area contributed by atoms with Gasteiger partial charge in [0, 0.05) is 38.3 Å². The molecule has 3 heterocycles. The first kappa shape index (κ1) is 24.6. The molecule has 0 unspecified atom stereocenters. The highest BCUT2D eigenvalue weighted by Crippen LogP contribution is 2.32. The van der Waals surface area contributed by atoms with Crippen molar-refractivity contribution in [2.75, 3.05) is 42.6 Å². The third-order valence-corrected chi connectivity index (χ3v) is 5.61. The Bertz CT molecular complexity index is 1070. The number of ether oxygens (including phenoxy) is 2. The highest BCUT2D eigenvalue weighted by atomic mass is 19.1. The van der Waals surface area contributed by atoms with E-state index in [1.54, 1.807) is 20.8 Å². The number of aromatic nitrogens is 3. The minimum absolute atomic E-state index is 0.00512. The molecule has 0 bridgehead atoms. The summed E-state index contributed by atoms with van der Waals surface area (Å²) in [6.45, 7) is 5.51. The largest absolute Gasteiger partial charge is 0.447 e. The summed E-state index contributed by atoms with van der Waals surface area (Å²) in [5, 5.41) is 7.45. The van der Waals surface area contributed by atoms with E-state index in [-0.39, 0.29) is 56.4 Å². The third-order valence-electron chi connectivity index (χ3n) is 5.61. The lowest BCUT2D eigenvalue weighted by Crippen LogP contribution is -2.50. The molecule has 10 nitrogen and oxygen atoms in total. The Morgan fingerprint density at radius 3 is 2.40 bits per heavy atom. The van der Waals surface area contributed by atoms with Crippen molar-refractivity contribution in [1.82, 2.24) is 19.9 Å². The van der Waals surface area contributed by atoms with E-state index >= 15 is 8.78 Å². The highest BCUT2D eigenvalue weighted by molar-refractivity contribution is 5.90. The minimum atomic E-state index is -0.843. The Kier molecular flexibility index (Phi) is 6.77. The summed E-state index contributed by atoms with van der Waals surface area (Å²) in [6.07, 6.45) is 0.165. The second-order valence-electron chi connectivity index (χ2n) is 9.38. The fourth-order valence-electron chi connectivity index (χ4n) is 4.05. The predicted molar refractivity (Wildman–Crippen MR) is 119 cm³/mol. The van der Waals surface area contributed by atoms with Crippen LogP contribution in [0.2, 0.25) is 0 Å². The Balaban J connectivity index is 1.47. The predicted octanol–water partition coefficient (Wildman–Crippen LogP) is 3.11. The first-order valence-electron chi connectivity index (χ1n) is 11.2. The van der Waals surface area contributed by atoms with Gasteiger partial charge in [-0.2, -0.15) is 0 Å². The number of rotatable bonds is 5. The van der Waals surface area contributed by atoms with Crippen LogP contribution < -0.4 is 9.80 Å². The van der Waals surface area contributed by atoms with Crippen molar-refractivity contribution in [3.63, 3.8) is 0 Å². The summed E-state index contributed by atoms with van der Waals surface area (Å²) in [7, 11) is 0. The number of carbonyl (C=O) groups is 2. The molecule has 0 N–H and O–H groups in total. The van der Waals surface area contributed by atoms with Gasteiger partial charge in [0.2, 0.25) is 0 Å². The smallest absolute Gasteiger partial charge is 0.414 e. The summed E-state index contributed by atoms with van der Waals surface area (Å²) in [5.41, 5.74) is -0.740. The molecule has 35 heavy (non-hydrogen) atoms. The summed E-state index contributed by atoms with van der Waals surface area (Å²) in [6, 6.07) is 1.54. The van der Waals surface area contributed by atoms with Crippen molar-refractivity contribution in [3.05, 3.63) is 35.7 Å². The lowest BCUT2D eigenvalue weighted by molar-refractivity contribution is 0.0240. The summed E-state index contributed by atoms with van der Waals surface area (Å²) >= 11 is 0. The van der Waals surface area contributed by atoms with E-state index in [1.807, 2.05) is 0 Å². The molecule has 2 aliphatic heterocycles. The average Bonchev–Trinajstić information content (AvgIpc) is 3.39. The number of cyclic esters (lactones) is 1. The van der Waals surface area contributed by atoms with Crippen LogP contribution in [0, 0.1) is 11.6 Å². The molecule has 4 rings (SSSR count). The van der Waals surface area contributed by atoms with E-state index in [0.29, 0.717) is 0 Å². The quantitative estimate of drug-likeness (QED) is 0.628. The van der Waals surface area contributed by atoms with Gasteiger partial charge in [0.05, 0.1) is 24.5 Å². The van der Waals surface area contributed by atoms with E-state index in [2.05, 4.69) is 10.3 Å². The number of anilines is 2. The van der Waals surface area contributed by atoms with Crippen LogP contribution in [0.3, 0.4) is 0 Å². The van der Waals surface area contributed by atoms with Gasteiger partial charge in [-0.3, -0.25) is 4.90 Å². The molecule has 2 saturated heterocycles. The second-order valence-corrected chi connectivity index (χ2v) is 9.38. The molecule has 0 saturated carbocycles. The van der Waals surface area contributed by atoms with Crippen LogP contribution in [0.1, 0.15) is 26.5 Å². The van der Waals surface area contributed by atoms with Crippen molar-refractivity contribution >= 4 is 23.6 Å². The van der Waals surface area contributed by atoms with Gasteiger partial charge in [-0.1, -0.05) is 5.21 Å². The lowest BCUT2D eigenvalue weighted by atomic mass is 10.1. The molecule has 190 valence electrons. The number of halogens is 3. The van der Waals surface area contributed by atoms with E-state index in [0.717, 1.165) is 17.0 Å².